The second kappa shape index (κ2) is 4.09. The van der Waals surface area contributed by atoms with Gasteiger partial charge in [-0.15, -0.1) is 0 Å². The van der Waals surface area contributed by atoms with Crippen molar-refractivity contribution in [1.29, 1.82) is 0 Å². The van der Waals surface area contributed by atoms with Crippen molar-refractivity contribution in [3.8, 4) is 0 Å². The van der Waals surface area contributed by atoms with E-state index in [1.54, 1.807) is 0 Å². The van der Waals surface area contributed by atoms with Gasteiger partial charge < -0.3 is 10.6 Å². The fraction of sp³-hybridized carbons (Fsp3) is 0.750. The first-order valence-electron chi connectivity index (χ1n) is 4.23. The van der Waals surface area contributed by atoms with E-state index in [1.165, 1.54) is 4.90 Å². The van der Waals surface area contributed by atoms with Gasteiger partial charge in [0.2, 0.25) is 12.3 Å². The summed E-state index contributed by atoms with van der Waals surface area (Å²) >= 11 is 0. The molecule has 0 bridgehead atoms. The third kappa shape index (κ3) is 2.22. The Hall–Kier alpha value is -1.06. The van der Waals surface area contributed by atoms with Crippen LogP contribution in [0.2, 0.25) is 0 Å². The van der Waals surface area contributed by atoms with Crippen LogP contribution in [0.4, 0.5) is 0 Å². The third-order valence-electron chi connectivity index (χ3n) is 2.27. The highest BCUT2D eigenvalue weighted by molar-refractivity contribution is 5.78. The molecule has 68 valence electrons. The van der Waals surface area contributed by atoms with Crippen LogP contribution in [-0.4, -0.2) is 29.8 Å². The van der Waals surface area contributed by atoms with Gasteiger partial charge in [0.15, 0.2) is 0 Å². The number of hydrogen-bond donors (Lipinski definition) is 1. The molecule has 0 radical (unpaired) electrons. The zero-order valence-electron chi connectivity index (χ0n) is 7.03. The highest BCUT2D eigenvalue weighted by Crippen LogP contribution is 2.21. The van der Waals surface area contributed by atoms with E-state index in [0.29, 0.717) is 0 Å². The van der Waals surface area contributed by atoms with Crippen molar-refractivity contribution in [2.75, 3.05) is 6.54 Å². The van der Waals surface area contributed by atoms with Crippen LogP contribution in [0.5, 0.6) is 0 Å². The molecule has 1 rings (SSSR count). The van der Waals surface area contributed by atoms with E-state index in [0.717, 1.165) is 32.1 Å². The Kier molecular flexibility index (Phi) is 3.08. The molecule has 4 nitrogen and oxygen atoms in total. The molecule has 2 N–H and O–H groups in total. The smallest absolute Gasteiger partial charge is 0.237 e. The topological polar surface area (TPSA) is 63.4 Å². The average molecular weight is 170 g/mol. The summed E-state index contributed by atoms with van der Waals surface area (Å²) in [5.41, 5.74) is 5.00. The Balaban J connectivity index is 2.42. The van der Waals surface area contributed by atoms with Gasteiger partial charge in [-0.1, -0.05) is 12.8 Å². The van der Waals surface area contributed by atoms with Crippen molar-refractivity contribution < 1.29 is 9.59 Å². The Morgan fingerprint density at radius 2 is 2.08 bits per heavy atom. The molecule has 0 aliphatic heterocycles. The van der Waals surface area contributed by atoms with Gasteiger partial charge in [0.1, 0.15) is 0 Å². The van der Waals surface area contributed by atoms with Gasteiger partial charge in [-0.25, -0.2) is 0 Å². The number of primary amides is 1. The Labute approximate surface area is 71.7 Å². The molecular formula is C8H14N2O2. The molecule has 0 heterocycles. The molecule has 12 heavy (non-hydrogen) atoms. The quantitative estimate of drug-likeness (QED) is 0.597. The first-order valence-corrected chi connectivity index (χ1v) is 4.23. The van der Waals surface area contributed by atoms with E-state index < -0.39 is 5.91 Å². The van der Waals surface area contributed by atoms with Gasteiger partial charge in [-0.3, -0.25) is 9.59 Å². The molecule has 1 fully saturated rings. The lowest BCUT2D eigenvalue weighted by atomic mass is 10.2. The second-order valence-corrected chi connectivity index (χ2v) is 3.18. The van der Waals surface area contributed by atoms with Gasteiger partial charge in [0.25, 0.3) is 0 Å². The first kappa shape index (κ1) is 9.03. The summed E-state index contributed by atoms with van der Waals surface area (Å²) in [4.78, 5) is 22.6. The summed E-state index contributed by atoms with van der Waals surface area (Å²) < 4.78 is 0. The normalized spacial score (nSPS) is 17.7. The second-order valence-electron chi connectivity index (χ2n) is 3.18. The van der Waals surface area contributed by atoms with Crippen LogP contribution >= 0.6 is 0 Å². The van der Waals surface area contributed by atoms with Crippen molar-refractivity contribution in [2.45, 2.75) is 31.7 Å². The summed E-state index contributed by atoms with van der Waals surface area (Å²) in [6.07, 6.45) is 5.03. The minimum Gasteiger partial charge on any atom is -0.368 e. The molecule has 0 spiro atoms. The first-order chi connectivity index (χ1) is 5.74. The van der Waals surface area contributed by atoms with E-state index >= 15 is 0 Å². The molecule has 2 amide bonds. The van der Waals surface area contributed by atoms with Gasteiger partial charge >= 0.3 is 0 Å². The fourth-order valence-electron chi connectivity index (χ4n) is 1.67. The minimum absolute atomic E-state index is 0.0637. The van der Waals surface area contributed by atoms with Crippen LogP contribution in [0.1, 0.15) is 25.7 Å². The lowest BCUT2D eigenvalue weighted by Gasteiger charge is -2.22. The van der Waals surface area contributed by atoms with Crippen molar-refractivity contribution in [2.24, 2.45) is 5.73 Å². The maximum atomic E-state index is 10.5. The third-order valence-corrected chi connectivity index (χ3v) is 2.27. The van der Waals surface area contributed by atoms with Crippen LogP contribution in [0.3, 0.4) is 0 Å². The Morgan fingerprint density at radius 3 is 2.50 bits per heavy atom. The minimum atomic E-state index is -0.436. The van der Waals surface area contributed by atoms with E-state index in [-0.39, 0.29) is 12.6 Å². The number of nitrogens with two attached hydrogens (primary N) is 1. The summed E-state index contributed by atoms with van der Waals surface area (Å²) in [5, 5.41) is 0. The van der Waals surface area contributed by atoms with E-state index in [2.05, 4.69) is 0 Å². The number of amides is 2. The molecule has 0 unspecified atom stereocenters. The standard InChI is InChI=1S/C8H14N2O2/c9-8(12)5-10(6-11)7-3-1-2-4-7/h6-7H,1-5H2,(H2,9,12). The van der Waals surface area contributed by atoms with E-state index in [4.69, 9.17) is 5.73 Å². The molecule has 0 saturated heterocycles. The van der Waals surface area contributed by atoms with Crippen molar-refractivity contribution in [1.82, 2.24) is 4.90 Å². The summed E-state index contributed by atoms with van der Waals surface area (Å²) in [6.45, 7) is 0.0637. The maximum Gasteiger partial charge on any atom is 0.237 e. The fourth-order valence-corrected chi connectivity index (χ4v) is 1.67. The molecule has 1 aliphatic rings. The molecule has 0 aromatic carbocycles. The van der Waals surface area contributed by atoms with Crippen LogP contribution < -0.4 is 5.73 Å². The largest absolute Gasteiger partial charge is 0.368 e. The van der Waals surface area contributed by atoms with Crippen molar-refractivity contribution in [3.05, 3.63) is 0 Å². The summed E-state index contributed by atoms with van der Waals surface area (Å²) in [6, 6.07) is 0.245. The highest BCUT2D eigenvalue weighted by atomic mass is 16.2. The molecular weight excluding hydrogens is 156 g/mol. The molecule has 0 aromatic rings. The van der Waals surface area contributed by atoms with Crippen molar-refractivity contribution in [3.63, 3.8) is 0 Å². The van der Waals surface area contributed by atoms with Crippen LogP contribution in [0, 0.1) is 0 Å². The molecule has 4 heteroatoms. The van der Waals surface area contributed by atoms with Gasteiger partial charge in [0, 0.05) is 6.04 Å². The predicted octanol–water partition coefficient (Wildman–Crippen LogP) is -0.127. The monoisotopic (exact) mass is 170 g/mol. The zero-order chi connectivity index (χ0) is 8.97. The molecule has 1 aliphatic carbocycles. The van der Waals surface area contributed by atoms with Gasteiger partial charge in [-0.05, 0) is 12.8 Å². The van der Waals surface area contributed by atoms with Gasteiger partial charge in [-0.2, -0.15) is 0 Å². The van der Waals surface area contributed by atoms with Gasteiger partial charge in [0.05, 0.1) is 6.54 Å². The predicted molar refractivity (Wildman–Crippen MR) is 44.2 cm³/mol. The number of carbonyl (C=O) groups is 2. The number of rotatable bonds is 4. The molecule has 0 atom stereocenters. The van der Waals surface area contributed by atoms with Crippen LogP contribution in [0.25, 0.3) is 0 Å². The SMILES string of the molecule is NC(=O)CN(C=O)C1CCCC1. The number of carbonyl (C=O) groups excluding carboxylic acids is 2. The highest BCUT2D eigenvalue weighted by Gasteiger charge is 2.21. The van der Waals surface area contributed by atoms with Crippen molar-refractivity contribution >= 4 is 12.3 Å². The molecule has 0 aromatic heterocycles. The Morgan fingerprint density at radius 1 is 1.50 bits per heavy atom. The summed E-state index contributed by atoms with van der Waals surface area (Å²) in [5.74, 6) is -0.436. The van der Waals surface area contributed by atoms with Crippen LogP contribution in [0.15, 0.2) is 0 Å². The zero-order valence-corrected chi connectivity index (χ0v) is 7.03. The van der Waals surface area contributed by atoms with E-state index in [9.17, 15) is 9.59 Å². The number of hydrogen-bond acceptors (Lipinski definition) is 2. The number of nitrogens with zero attached hydrogens (tertiary/aromatic N) is 1. The average Bonchev–Trinajstić information content (AvgIpc) is 2.51. The molecule has 1 saturated carbocycles. The van der Waals surface area contributed by atoms with Crippen LogP contribution in [-0.2, 0) is 9.59 Å². The Bertz CT molecular complexity index is 176. The lowest BCUT2D eigenvalue weighted by molar-refractivity contribution is -0.127. The van der Waals surface area contributed by atoms with E-state index in [1.807, 2.05) is 0 Å². The lowest BCUT2D eigenvalue weighted by Crippen LogP contribution is -2.38. The maximum absolute atomic E-state index is 10.5. The summed E-state index contributed by atoms with van der Waals surface area (Å²) in [7, 11) is 0.